The molecule has 0 saturated carbocycles. The van der Waals surface area contributed by atoms with E-state index in [1.165, 1.54) is 0 Å². The maximum Gasteiger partial charge on any atom is 0.341 e. The number of fused-ring (bicyclic) bond motifs is 1. The van der Waals surface area contributed by atoms with Crippen molar-refractivity contribution in [3.63, 3.8) is 0 Å². The number of carbonyl (C=O) groups excluding carboxylic acids is 1. The van der Waals surface area contributed by atoms with Gasteiger partial charge < -0.3 is 9.52 Å². The van der Waals surface area contributed by atoms with E-state index in [0.29, 0.717) is 22.3 Å². The summed E-state index contributed by atoms with van der Waals surface area (Å²) < 4.78 is 5.43. The van der Waals surface area contributed by atoms with Crippen molar-refractivity contribution in [3.05, 3.63) is 93.2 Å². The second-order valence-corrected chi connectivity index (χ2v) is 7.33. The maximum absolute atomic E-state index is 13.2. The van der Waals surface area contributed by atoms with E-state index in [-0.39, 0.29) is 32.6 Å². The third kappa shape index (κ3) is 3.31. The molecule has 29 heavy (non-hydrogen) atoms. The highest BCUT2D eigenvalue weighted by molar-refractivity contribution is 6.40. The Kier molecular flexibility index (Phi) is 4.91. The lowest BCUT2D eigenvalue weighted by atomic mass is 9.90. The molecule has 0 atom stereocenters. The second-order valence-electron chi connectivity index (χ2n) is 6.58. The normalized spacial score (nSPS) is 11.0. The Hall–Kier alpha value is -3.08. The number of aryl methyl sites for hydroxylation is 1. The first-order chi connectivity index (χ1) is 13.9. The van der Waals surface area contributed by atoms with Crippen molar-refractivity contribution in [3.8, 4) is 11.1 Å². The Labute approximate surface area is 176 Å². The van der Waals surface area contributed by atoms with Gasteiger partial charge in [-0.05, 0) is 47.3 Å². The molecule has 1 N–H and O–H groups in total. The molecule has 6 heteroatoms. The van der Waals surface area contributed by atoms with Crippen LogP contribution in [-0.4, -0.2) is 16.9 Å². The van der Waals surface area contributed by atoms with Crippen LogP contribution in [0.4, 0.5) is 0 Å². The lowest BCUT2D eigenvalue weighted by Crippen LogP contribution is -2.06. The Morgan fingerprint density at radius 3 is 2.34 bits per heavy atom. The van der Waals surface area contributed by atoms with Crippen molar-refractivity contribution in [1.29, 1.82) is 0 Å². The maximum atomic E-state index is 13.2. The number of aromatic carboxylic acids is 1. The number of carbonyl (C=O) groups is 2. The topological polar surface area (TPSA) is 67.5 Å². The quantitative estimate of drug-likeness (QED) is 0.372. The number of ketones is 1. The van der Waals surface area contributed by atoms with Crippen LogP contribution < -0.4 is 0 Å². The number of hydrogen-bond acceptors (Lipinski definition) is 3. The first-order valence-corrected chi connectivity index (χ1v) is 9.48. The van der Waals surface area contributed by atoms with Crippen molar-refractivity contribution in [1.82, 2.24) is 0 Å². The van der Waals surface area contributed by atoms with E-state index in [1.807, 2.05) is 43.3 Å². The van der Waals surface area contributed by atoms with E-state index in [9.17, 15) is 14.7 Å². The summed E-state index contributed by atoms with van der Waals surface area (Å²) in [6.07, 6.45) is 0. The van der Waals surface area contributed by atoms with Gasteiger partial charge in [0, 0.05) is 11.1 Å². The predicted octanol–water partition coefficient (Wildman–Crippen LogP) is 6.64. The van der Waals surface area contributed by atoms with Gasteiger partial charge >= 0.3 is 5.97 Å². The van der Waals surface area contributed by atoms with Crippen molar-refractivity contribution >= 4 is 45.9 Å². The van der Waals surface area contributed by atoms with E-state index in [1.54, 1.807) is 24.3 Å². The summed E-state index contributed by atoms with van der Waals surface area (Å²) in [4.78, 5) is 24.7. The van der Waals surface area contributed by atoms with E-state index in [2.05, 4.69) is 0 Å². The molecule has 4 rings (SSSR count). The smallest absolute Gasteiger partial charge is 0.341 e. The van der Waals surface area contributed by atoms with Crippen LogP contribution in [0.5, 0.6) is 0 Å². The summed E-state index contributed by atoms with van der Waals surface area (Å²) in [5.41, 5.74) is 3.31. The van der Waals surface area contributed by atoms with Crippen LogP contribution in [0.3, 0.4) is 0 Å². The molecule has 4 nitrogen and oxygen atoms in total. The van der Waals surface area contributed by atoms with Crippen LogP contribution in [0.1, 0.15) is 31.8 Å². The molecule has 0 unspecified atom stereocenters. The number of benzene rings is 3. The van der Waals surface area contributed by atoms with Gasteiger partial charge in [0.05, 0.1) is 10.4 Å². The first kappa shape index (κ1) is 19.2. The van der Waals surface area contributed by atoms with Crippen molar-refractivity contribution in [2.24, 2.45) is 0 Å². The molecule has 0 fully saturated rings. The zero-order valence-electron chi connectivity index (χ0n) is 15.2. The minimum atomic E-state index is -1.22. The van der Waals surface area contributed by atoms with Gasteiger partial charge in [0.2, 0.25) is 5.22 Å². The van der Waals surface area contributed by atoms with E-state index < -0.39 is 5.97 Å². The third-order valence-electron chi connectivity index (χ3n) is 4.76. The second kappa shape index (κ2) is 7.39. The zero-order chi connectivity index (χ0) is 20.7. The number of carboxylic acid groups (broad SMARTS) is 1. The monoisotopic (exact) mass is 424 g/mol. The van der Waals surface area contributed by atoms with Gasteiger partial charge in [-0.1, -0.05) is 60.1 Å². The lowest BCUT2D eigenvalue weighted by molar-refractivity contribution is 0.0698. The molecular formula is C23H14Cl2O4. The summed E-state index contributed by atoms with van der Waals surface area (Å²) in [5, 5.41) is 9.57. The fourth-order valence-electron chi connectivity index (χ4n) is 3.44. The van der Waals surface area contributed by atoms with Crippen molar-refractivity contribution in [2.45, 2.75) is 6.92 Å². The van der Waals surface area contributed by atoms with Gasteiger partial charge in [-0.2, -0.15) is 0 Å². The number of furan rings is 1. The number of halogens is 2. The van der Waals surface area contributed by atoms with Gasteiger partial charge in [-0.15, -0.1) is 0 Å². The molecule has 0 aliphatic carbocycles. The average Bonchev–Trinajstić information content (AvgIpc) is 3.04. The molecule has 0 saturated heterocycles. The Bertz CT molecular complexity index is 1270. The highest BCUT2D eigenvalue weighted by atomic mass is 35.5. The highest BCUT2D eigenvalue weighted by Crippen LogP contribution is 2.39. The standard InChI is InChI=1S/C23H14Cl2O4/c1-12-6-5-9-15(18(12)21(26)13-7-3-2-4-8-13)14-10-16(24)19-17(11-14)29-22(25)20(19)23(27)28/h2-11H,1H3,(H,27,28). The van der Waals surface area contributed by atoms with Gasteiger partial charge in [0.15, 0.2) is 5.78 Å². The molecule has 144 valence electrons. The molecule has 3 aromatic carbocycles. The number of hydrogen-bond donors (Lipinski definition) is 1. The van der Waals surface area contributed by atoms with E-state index in [4.69, 9.17) is 27.6 Å². The predicted molar refractivity (Wildman–Crippen MR) is 113 cm³/mol. The molecular weight excluding hydrogens is 411 g/mol. The van der Waals surface area contributed by atoms with E-state index >= 15 is 0 Å². The molecule has 0 bridgehead atoms. The average molecular weight is 425 g/mol. The summed E-state index contributed by atoms with van der Waals surface area (Å²) >= 11 is 12.4. The molecule has 4 aromatic rings. The Balaban J connectivity index is 1.95. The van der Waals surface area contributed by atoms with Crippen LogP contribution >= 0.6 is 23.2 Å². The van der Waals surface area contributed by atoms with Crippen LogP contribution in [0, 0.1) is 6.92 Å². The van der Waals surface area contributed by atoms with E-state index in [0.717, 1.165) is 5.56 Å². The Morgan fingerprint density at radius 2 is 1.66 bits per heavy atom. The summed E-state index contributed by atoms with van der Waals surface area (Å²) in [6, 6.07) is 17.8. The van der Waals surface area contributed by atoms with Gasteiger partial charge in [0.1, 0.15) is 11.1 Å². The largest absolute Gasteiger partial charge is 0.477 e. The zero-order valence-corrected chi connectivity index (χ0v) is 16.7. The van der Waals surface area contributed by atoms with Crippen LogP contribution in [-0.2, 0) is 0 Å². The van der Waals surface area contributed by atoms with Crippen LogP contribution in [0.2, 0.25) is 10.2 Å². The molecule has 0 amide bonds. The minimum absolute atomic E-state index is 0.112. The molecule has 1 heterocycles. The van der Waals surface area contributed by atoms with Gasteiger partial charge in [-0.25, -0.2) is 4.79 Å². The summed E-state index contributed by atoms with van der Waals surface area (Å²) in [6.45, 7) is 1.87. The van der Waals surface area contributed by atoms with Gasteiger partial charge in [0.25, 0.3) is 0 Å². The molecule has 0 spiro atoms. The molecule has 0 aliphatic rings. The van der Waals surface area contributed by atoms with Crippen molar-refractivity contribution < 1.29 is 19.1 Å². The summed E-state index contributed by atoms with van der Waals surface area (Å²) in [5.74, 6) is -1.34. The van der Waals surface area contributed by atoms with Crippen LogP contribution in [0.25, 0.3) is 22.1 Å². The fourth-order valence-corrected chi connectivity index (χ4v) is 4.00. The summed E-state index contributed by atoms with van der Waals surface area (Å²) in [7, 11) is 0. The first-order valence-electron chi connectivity index (χ1n) is 8.73. The fraction of sp³-hybridized carbons (Fsp3) is 0.0435. The Morgan fingerprint density at radius 1 is 0.931 bits per heavy atom. The molecule has 1 aromatic heterocycles. The molecule has 0 aliphatic heterocycles. The lowest BCUT2D eigenvalue weighted by Gasteiger charge is -2.13. The van der Waals surface area contributed by atoms with Crippen molar-refractivity contribution in [2.75, 3.05) is 0 Å². The van der Waals surface area contributed by atoms with Gasteiger partial charge in [-0.3, -0.25) is 4.79 Å². The highest BCUT2D eigenvalue weighted by Gasteiger charge is 2.24. The number of rotatable bonds is 4. The number of carboxylic acids is 1. The third-order valence-corrected chi connectivity index (χ3v) is 5.33. The van der Waals surface area contributed by atoms with Crippen LogP contribution in [0.15, 0.2) is 65.1 Å². The molecule has 0 radical (unpaired) electrons. The minimum Gasteiger partial charge on any atom is -0.477 e. The SMILES string of the molecule is Cc1cccc(-c2cc(Cl)c3c(C(=O)O)c(Cl)oc3c2)c1C(=O)c1ccccc1.